The minimum absolute atomic E-state index is 0.727. The second-order valence-corrected chi connectivity index (χ2v) is 5.36. The summed E-state index contributed by atoms with van der Waals surface area (Å²) in [6.45, 7) is 3.00. The van der Waals surface area contributed by atoms with Gasteiger partial charge in [0.2, 0.25) is 0 Å². The zero-order valence-corrected chi connectivity index (χ0v) is 13.2. The number of aliphatic imine (C=N–C) groups is 1. The molecule has 0 N–H and O–H groups in total. The van der Waals surface area contributed by atoms with Crippen molar-refractivity contribution in [3.63, 3.8) is 0 Å². The highest BCUT2D eigenvalue weighted by atomic mass is 35.5. The number of hydrogen-bond acceptors (Lipinski definition) is 2. The van der Waals surface area contributed by atoms with Gasteiger partial charge in [0, 0.05) is 17.3 Å². The molecule has 0 saturated heterocycles. The minimum Gasteiger partial charge on any atom is -0.321 e. The molecule has 0 aliphatic rings. The lowest BCUT2D eigenvalue weighted by molar-refractivity contribution is 1.07. The molecule has 0 saturated carbocycles. The summed E-state index contributed by atoms with van der Waals surface area (Å²) in [6, 6.07) is 17.9. The molecule has 4 heteroatoms. The van der Waals surface area contributed by atoms with Gasteiger partial charge in [-0.1, -0.05) is 41.6 Å². The average molecular weight is 305 g/mol. The van der Waals surface area contributed by atoms with Gasteiger partial charge in [0.05, 0.1) is 5.69 Å². The zero-order valence-electron chi connectivity index (χ0n) is 11.6. The van der Waals surface area contributed by atoms with E-state index >= 15 is 0 Å². The lowest BCUT2D eigenvalue weighted by Gasteiger charge is -2.23. The Morgan fingerprint density at radius 1 is 1.10 bits per heavy atom. The van der Waals surface area contributed by atoms with Crippen LogP contribution in [0.3, 0.4) is 0 Å². The lowest BCUT2D eigenvalue weighted by Crippen LogP contribution is -2.27. The van der Waals surface area contributed by atoms with Crippen molar-refractivity contribution in [1.29, 1.82) is 0 Å². The summed E-state index contributed by atoms with van der Waals surface area (Å²) in [5.41, 5.74) is 2.06. The van der Waals surface area contributed by atoms with Crippen LogP contribution in [0, 0.1) is 0 Å². The Hall–Kier alpha value is -1.45. The second kappa shape index (κ2) is 7.36. The first kappa shape index (κ1) is 14.9. The molecule has 20 heavy (non-hydrogen) atoms. The molecule has 0 spiro atoms. The molecular weight excluding hydrogens is 288 g/mol. The van der Waals surface area contributed by atoms with Crippen molar-refractivity contribution in [2.45, 2.75) is 6.92 Å². The van der Waals surface area contributed by atoms with Crippen molar-refractivity contribution >= 4 is 39.9 Å². The number of nitrogens with zero attached hydrogens (tertiary/aromatic N) is 2. The van der Waals surface area contributed by atoms with E-state index in [4.69, 9.17) is 16.6 Å². The predicted molar refractivity (Wildman–Crippen MR) is 91.5 cm³/mol. The molecule has 2 aromatic rings. The monoisotopic (exact) mass is 304 g/mol. The molecule has 0 heterocycles. The van der Waals surface area contributed by atoms with Gasteiger partial charge in [-0.05, 0) is 49.6 Å². The standard InChI is InChI=1S/C16H17ClN2S/c1-3-19(15-7-5-4-6-8-15)16(20-2)18-14-11-9-13(17)10-12-14/h4-12H,3H2,1-2H3. The molecule has 0 fully saturated rings. The predicted octanol–water partition coefficient (Wildman–Crippen LogP) is 5.22. The summed E-state index contributed by atoms with van der Waals surface area (Å²) in [5.74, 6) is 0. The van der Waals surface area contributed by atoms with Crippen molar-refractivity contribution in [3.8, 4) is 0 Å². The van der Waals surface area contributed by atoms with Gasteiger partial charge in [-0.25, -0.2) is 4.99 Å². The van der Waals surface area contributed by atoms with Crippen molar-refractivity contribution in [3.05, 3.63) is 59.6 Å². The van der Waals surface area contributed by atoms with Crippen LogP contribution in [0.15, 0.2) is 59.6 Å². The van der Waals surface area contributed by atoms with Gasteiger partial charge in [0.15, 0.2) is 5.17 Å². The van der Waals surface area contributed by atoms with Crippen LogP contribution in [0.4, 0.5) is 11.4 Å². The van der Waals surface area contributed by atoms with Gasteiger partial charge in [0.25, 0.3) is 0 Å². The number of halogens is 1. The first-order valence-corrected chi connectivity index (χ1v) is 8.05. The molecule has 2 aromatic carbocycles. The maximum Gasteiger partial charge on any atom is 0.168 e. The Labute approximate surface area is 129 Å². The molecule has 0 amide bonds. The van der Waals surface area contributed by atoms with Gasteiger partial charge in [-0.3, -0.25) is 0 Å². The summed E-state index contributed by atoms with van der Waals surface area (Å²) in [7, 11) is 0. The fourth-order valence-corrected chi connectivity index (χ4v) is 2.66. The highest BCUT2D eigenvalue weighted by Gasteiger charge is 2.10. The van der Waals surface area contributed by atoms with E-state index in [1.165, 1.54) is 0 Å². The van der Waals surface area contributed by atoms with Crippen LogP contribution >= 0.6 is 23.4 Å². The number of hydrogen-bond donors (Lipinski definition) is 0. The third-order valence-corrected chi connectivity index (χ3v) is 3.78. The van der Waals surface area contributed by atoms with E-state index in [0.29, 0.717) is 0 Å². The van der Waals surface area contributed by atoms with Crippen LogP contribution in [0.1, 0.15) is 6.92 Å². The second-order valence-electron chi connectivity index (χ2n) is 4.15. The molecule has 0 radical (unpaired) electrons. The van der Waals surface area contributed by atoms with Gasteiger partial charge in [-0.15, -0.1) is 0 Å². The van der Waals surface area contributed by atoms with E-state index in [1.54, 1.807) is 11.8 Å². The Balaban J connectivity index is 2.32. The summed E-state index contributed by atoms with van der Waals surface area (Å²) in [5, 5.41) is 1.70. The Bertz CT molecular complexity index is 567. The third kappa shape index (κ3) is 3.78. The van der Waals surface area contributed by atoms with E-state index in [-0.39, 0.29) is 0 Å². The summed E-state index contributed by atoms with van der Waals surface area (Å²) < 4.78 is 0. The van der Waals surface area contributed by atoms with Crippen LogP contribution in [-0.4, -0.2) is 18.0 Å². The molecular formula is C16H17ClN2S. The van der Waals surface area contributed by atoms with Crippen LogP contribution in [0.5, 0.6) is 0 Å². The molecule has 0 unspecified atom stereocenters. The topological polar surface area (TPSA) is 15.6 Å². The van der Waals surface area contributed by atoms with Crippen LogP contribution < -0.4 is 4.90 Å². The number of rotatable bonds is 3. The van der Waals surface area contributed by atoms with E-state index in [2.05, 4.69) is 24.0 Å². The molecule has 2 rings (SSSR count). The lowest BCUT2D eigenvalue weighted by atomic mass is 10.3. The molecule has 0 atom stereocenters. The van der Waals surface area contributed by atoms with Gasteiger partial charge >= 0.3 is 0 Å². The number of amidine groups is 1. The minimum atomic E-state index is 0.727. The average Bonchev–Trinajstić information content (AvgIpc) is 2.50. The number of benzene rings is 2. The summed E-state index contributed by atoms with van der Waals surface area (Å²) in [6.07, 6.45) is 2.04. The highest BCUT2D eigenvalue weighted by Crippen LogP contribution is 2.22. The SMILES string of the molecule is CCN(C(=Nc1ccc(Cl)cc1)SC)c1ccccc1. The van der Waals surface area contributed by atoms with Gasteiger partial charge < -0.3 is 4.90 Å². The normalized spacial score (nSPS) is 11.4. The van der Waals surface area contributed by atoms with E-state index in [0.717, 1.165) is 28.1 Å². The number of para-hydroxylation sites is 1. The van der Waals surface area contributed by atoms with Crippen LogP contribution in [-0.2, 0) is 0 Å². The van der Waals surface area contributed by atoms with Crippen molar-refractivity contribution in [2.75, 3.05) is 17.7 Å². The molecule has 104 valence electrons. The Morgan fingerprint density at radius 2 is 1.75 bits per heavy atom. The zero-order chi connectivity index (χ0) is 14.4. The molecule has 0 bridgehead atoms. The molecule has 0 aliphatic heterocycles. The van der Waals surface area contributed by atoms with E-state index in [9.17, 15) is 0 Å². The van der Waals surface area contributed by atoms with E-state index in [1.807, 2.05) is 48.7 Å². The first-order chi connectivity index (χ1) is 9.74. The van der Waals surface area contributed by atoms with Gasteiger partial charge in [0.1, 0.15) is 0 Å². The van der Waals surface area contributed by atoms with Crippen LogP contribution in [0.25, 0.3) is 0 Å². The molecule has 2 nitrogen and oxygen atoms in total. The van der Waals surface area contributed by atoms with Crippen molar-refractivity contribution in [1.82, 2.24) is 0 Å². The quantitative estimate of drug-likeness (QED) is 0.571. The van der Waals surface area contributed by atoms with Crippen LogP contribution in [0.2, 0.25) is 5.02 Å². The van der Waals surface area contributed by atoms with Crippen molar-refractivity contribution in [2.24, 2.45) is 4.99 Å². The number of thioether (sulfide) groups is 1. The maximum atomic E-state index is 5.90. The maximum absolute atomic E-state index is 5.90. The summed E-state index contributed by atoms with van der Waals surface area (Å²) >= 11 is 7.54. The number of anilines is 1. The Kier molecular flexibility index (Phi) is 5.50. The third-order valence-electron chi connectivity index (χ3n) is 2.85. The molecule has 0 aromatic heterocycles. The molecule has 0 aliphatic carbocycles. The van der Waals surface area contributed by atoms with Gasteiger partial charge in [-0.2, -0.15) is 0 Å². The first-order valence-electron chi connectivity index (χ1n) is 6.45. The highest BCUT2D eigenvalue weighted by molar-refractivity contribution is 8.13. The largest absolute Gasteiger partial charge is 0.321 e. The fourth-order valence-electron chi connectivity index (χ4n) is 1.88. The Morgan fingerprint density at radius 3 is 2.30 bits per heavy atom. The summed E-state index contributed by atoms with van der Waals surface area (Å²) in [4.78, 5) is 6.91. The van der Waals surface area contributed by atoms with E-state index < -0.39 is 0 Å². The van der Waals surface area contributed by atoms with Crippen molar-refractivity contribution < 1.29 is 0 Å². The smallest absolute Gasteiger partial charge is 0.168 e. The fraction of sp³-hybridized carbons (Fsp3) is 0.188.